The van der Waals surface area contributed by atoms with E-state index in [4.69, 9.17) is 4.74 Å². The molecule has 1 unspecified atom stereocenters. The number of methoxy groups -OCH3 is 1. The summed E-state index contributed by atoms with van der Waals surface area (Å²) in [6.07, 6.45) is 2.57. The maximum absolute atomic E-state index is 12.6. The van der Waals surface area contributed by atoms with Crippen molar-refractivity contribution in [3.8, 4) is 0 Å². The third kappa shape index (κ3) is 6.19. The zero-order valence-electron chi connectivity index (χ0n) is 16.4. The number of rotatable bonds is 10. The molecule has 0 radical (unpaired) electrons. The fourth-order valence-electron chi connectivity index (χ4n) is 3.37. The number of nitrogens with zero attached hydrogens (tertiary/aromatic N) is 1. The van der Waals surface area contributed by atoms with E-state index in [0.717, 1.165) is 23.6 Å². The lowest BCUT2D eigenvalue weighted by molar-refractivity contribution is -0.123. The van der Waals surface area contributed by atoms with Crippen molar-refractivity contribution in [2.45, 2.75) is 39.0 Å². The highest BCUT2D eigenvalue weighted by Crippen LogP contribution is 2.32. The van der Waals surface area contributed by atoms with Gasteiger partial charge in [0, 0.05) is 26.2 Å². The molecule has 27 heavy (non-hydrogen) atoms. The van der Waals surface area contributed by atoms with Gasteiger partial charge in [0.05, 0.1) is 13.2 Å². The van der Waals surface area contributed by atoms with Gasteiger partial charge in [0.15, 0.2) is 0 Å². The van der Waals surface area contributed by atoms with Gasteiger partial charge in [0.1, 0.15) is 0 Å². The average Bonchev–Trinajstić information content (AvgIpc) is 3.51. The van der Waals surface area contributed by atoms with E-state index in [9.17, 15) is 4.79 Å². The summed E-state index contributed by atoms with van der Waals surface area (Å²) in [6, 6.07) is 18.8. The third-order valence-electron chi connectivity index (χ3n) is 5.16. The van der Waals surface area contributed by atoms with Crippen LogP contribution in [0.15, 0.2) is 54.6 Å². The molecule has 0 aliphatic heterocycles. The van der Waals surface area contributed by atoms with Crippen LogP contribution < -0.4 is 5.32 Å². The number of ether oxygens (including phenoxy) is 1. The van der Waals surface area contributed by atoms with Gasteiger partial charge >= 0.3 is 0 Å². The average molecular weight is 367 g/mol. The molecular weight excluding hydrogens is 336 g/mol. The summed E-state index contributed by atoms with van der Waals surface area (Å²) >= 11 is 0. The normalized spacial score (nSPS) is 14.9. The SMILES string of the molecule is COCc1cccc(CNC(=O)CN(CC2CC2)C(C)c2ccccc2)c1. The van der Waals surface area contributed by atoms with Gasteiger partial charge in [-0.1, -0.05) is 54.6 Å². The second kappa shape index (κ2) is 9.67. The molecule has 3 rings (SSSR count). The molecule has 1 amide bonds. The van der Waals surface area contributed by atoms with Crippen LogP contribution in [0.4, 0.5) is 0 Å². The monoisotopic (exact) mass is 366 g/mol. The Balaban J connectivity index is 1.56. The predicted octanol–water partition coefficient (Wildman–Crippen LogP) is 3.92. The summed E-state index contributed by atoms with van der Waals surface area (Å²) in [4.78, 5) is 14.9. The van der Waals surface area contributed by atoms with E-state index in [1.807, 2.05) is 24.3 Å². The lowest BCUT2D eigenvalue weighted by atomic mass is 10.1. The smallest absolute Gasteiger partial charge is 0.234 e. The van der Waals surface area contributed by atoms with E-state index < -0.39 is 0 Å². The fourth-order valence-corrected chi connectivity index (χ4v) is 3.37. The molecule has 0 bridgehead atoms. The minimum Gasteiger partial charge on any atom is -0.380 e. The van der Waals surface area contributed by atoms with Crippen molar-refractivity contribution in [3.63, 3.8) is 0 Å². The van der Waals surface area contributed by atoms with Crippen molar-refractivity contribution in [1.82, 2.24) is 10.2 Å². The minimum atomic E-state index is 0.0792. The zero-order valence-corrected chi connectivity index (χ0v) is 16.4. The Morgan fingerprint density at radius 2 is 1.89 bits per heavy atom. The molecule has 1 saturated carbocycles. The number of carbonyl (C=O) groups is 1. The Labute approximate surface area is 162 Å². The standard InChI is InChI=1S/C23H30N2O2/c1-18(22-9-4-3-5-10-22)25(15-19-11-12-19)16-23(26)24-14-20-7-6-8-21(13-20)17-27-2/h3-10,13,18-19H,11-12,14-17H2,1-2H3,(H,24,26). The molecule has 0 spiro atoms. The van der Waals surface area contributed by atoms with Crippen LogP contribution >= 0.6 is 0 Å². The second-order valence-corrected chi connectivity index (χ2v) is 7.49. The topological polar surface area (TPSA) is 41.6 Å². The molecule has 2 aromatic carbocycles. The van der Waals surface area contributed by atoms with E-state index in [2.05, 4.69) is 47.5 Å². The molecule has 4 heteroatoms. The van der Waals surface area contributed by atoms with E-state index in [1.54, 1.807) is 7.11 Å². The van der Waals surface area contributed by atoms with Crippen LogP contribution in [0, 0.1) is 5.92 Å². The van der Waals surface area contributed by atoms with Crippen LogP contribution in [0.25, 0.3) is 0 Å². The van der Waals surface area contributed by atoms with Crippen LogP contribution in [0.3, 0.4) is 0 Å². The molecule has 0 saturated heterocycles. The summed E-state index contributed by atoms with van der Waals surface area (Å²) in [5.74, 6) is 0.824. The quantitative estimate of drug-likeness (QED) is 0.693. The largest absolute Gasteiger partial charge is 0.380 e. The Morgan fingerprint density at radius 3 is 2.59 bits per heavy atom. The van der Waals surface area contributed by atoms with Gasteiger partial charge in [-0.15, -0.1) is 0 Å². The number of benzene rings is 2. The Bertz CT molecular complexity index is 728. The van der Waals surface area contributed by atoms with Crippen molar-refractivity contribution in [2.24, 2.45) is 5.92 Å². The first kappa shape index (κ1) is 19.6. The molecule has 1 aliphatic rings. The van der Waals surface area contributed by atoms with Gasteiger partial charge in [-0.2, -0.15) is 0 Å². The number of amides is 1. The molecule has 2 aromatic rings. The minimum absolute atomic E-state index is 0.0792. The first-order valence-corrected chi connectivity index (χ1v) is 9.78. The highest BCUT2D eigenvalue weighted by Gasteiger charge is 2.28. The Kier molecular flexibility index (Phi) is 7.02. The molecule has 1 atom stereocenters. The lowest BCUT2D eigenvalue weighted by Crippen LogP contribution is -2.39. The van der Waals surface area contributed by atoms with Crippen molar-refractivity contribution in [3.05, 3.63) is 71.3 Å². The third-order valence-corrected chi connectivity index (χ3v) is 5.16. The second-order valence-electron chi connectivity index (χ2n) is 7.49. The maximum atomic E-state index is 12.6. The van der Waals surface area contributed by atoms with Crippen molar-refractivity contribution < 1.29 is 9.53 Å². The van der Waals surface area contributed by atoms with E-state index >= 15 is 0 Å². The molecular formula is C23H30N2O2. The first-order chi connectivity index (χ1) is 13.2. The number of carbonyl (C=O) groups excluding carboxylic acids is 1. The molecule has 4 nitrogen and oxygen atoms in total. The van der Waals surface area contributed by atoms with Gasteiger partial charge in [-0.3, -0.25) is 9.69 Å². The summed E-state index contributed by atoms with van der Waals surface area (Å²) < 4.78 is 5.18. The summed E-state index contributed by atoms with van der Waals surface area (Å²) in [5.41, 5.74) is 3.48. The fraction of sp³-hybridized carbons (Fsp3) is 0.435. The summed E-state index contributed by atoms with van der Waals surface area (Å²) in [6.45, 7) is 4.76. The lowest BCUT2D eigenvalue weighted by Gasteiger charge is -2.29. The molecule has 0 heterocycles. The predicted molar refractivity (Wildman–Crippen MR) is 108 cm³/mol. The highest BCUT2D eigenvalue weighted by atomic mass is 16.5. The van der Waals surface area contributed by atoms with Crippen molar-refractivity contribution >= 4 is 5.91 Å². The van der Waals surface area contributed by atoms with Crippen LogP contribution in [-0.2, 0) is 22.7 Å². The maximum Gasteiger partial charge on any atom is 0.234 e. The number of hydrogen-bond donors (Lipinski definition) is 1. The van der Waals surface area contributed by atoms with Gasteiger partial charge in [0.2, 0.25) is 5.91 Å². The van der Waals surface area contributed by atoms with Crippen molar-refractivity contribution in [2.75, 3.05) is 20.2 Å². The zero-order chi connectivity index (χ0) is 19.1. The number of nitrogens with one attached hydrogen (secondary N) is 1. The van der Waals surface area contributed by atoms with Crippen LogP contribution in [0.2, 0.25) is 0 Å². The molecule has 1 aliphatic carbocycles. The van der Waals surface area contributed by atoms with Crippen LogP contribution in [-0.4, -0.2) is 31.0 Å². The van der Waals surface area contributed by atoms with Gasteiger partial charge in [0.25, 0.3) is 0 Å². The molecule has 144 valence electrons. The van der Waals surface area contributed by atoms with Crippen LogP contribution in [0.1, 0.15) is 42.5 Å². The van der Waals surface area contributed by atoms with E-state index in [-0.39, 0.29) is 11.9 Å². The van der Waals surface area contributed by atoms with E-state index in [1.165, 1.54) is 18.4 Å². The van der Waals surface area contributed by atoms with Crippen LogP contribution in [0.5, 0.6) is 0 Å². The van der Waals surface area contributed by atoms with Gasteiger partial charge in [-0.05, 0) is 42.4 Å². The summed E-state index contributed by atoms with van der Waals surface area (Å²) in [7, 11) is 1.69. The Morgan fingerprint density at radius 1 is 1.15 bits per heavy atom. The summed E-state index contributed by atoms with van der Waals surface area (Å²) in [5, 5.41) is 3.08. The molecule has 0 aromatic heterocycles. The first-order valence-electron chi connectivity index (χ1n) is 9.78. The Hall–Kier alpha value is -2.17. The van der Waals surface area contributed by atoms with Gasteiger partial charge in [-0.25, -0.2) is 0 Å². The van der Waals surface area contributed by atoms with E-state index in [0.29, 0.717) is 19.7 Å². The van der Waals surface area contributed by atoms with Crippen molar-refractivity contribution in [1.29, 1.82) is 0 Å². The molecule has 1 N–H and O–H groups in total. The molecule has 1 fully saturated rings. The number of hydrogen-bond acceptors (Lipinski definition) is 3. The van der Waals surface area contributed by atoms with Gasteiger partial charge < -0.3 is 10.1 Å². The highest BCUT2D eigenvalue weighted by molar-refractivity contribution is 5.78.